The number of nitrogens with one attached hydrogen (secondary N) is 1. The molecule has 0 aromatic heterocycles. The van der Waals surface area contributed by atoms with Crippen LogP contribution < -0.4 is 10.1 Å². The first-order valence-electron chi connectivity index (χ1n) is 7.19. The lowest BCUT2D eigenvalue weighted by Crippen LogP contribution is -2.33. The van der Waals surface area contributed by atoms with E-state index in [1.54, 1.807) is 24.3 Å². The van der Waals surface area contributed by atoms with E-state index in [9.17, 15) is 14.9 Å². The fourth-order valence-corrected chi connectivity index (χ4v) is 2.45. The van der Waals surface area contributed by atoms with Gasteiger partial charge in [-0.15, -0.1) is 0 Å². The predicted octanol–water partition coefficient (Wildman–Crippen LogP) is 2.70. The SMILES string of the molecule is COc1cccc(NC(=O)[C@@H](C#N)C(=O)[C@@H]2CC=CCC2)c1. The molecule has 0 saturated heterocycles. The van der Waals surface area contributed by atoms with Gasteiger partial charge in [0.15, 0.2) is 11.7 Å². The Morgan fingerprint density at radius 2 is 2.23 bits per heavy atom. The van der Waals surface area contributed by atoms with Crippen LogP contribution in [0, 0.1) is 23.2 Å². The average molecular weight is 298 g/mol. The highest BCUT2D eigenvalue weighted by Crippen LogP contribution is 2.23. The summed E-state index contributed by atoms with van der Waals surface area (Å²) in [5.41, 5.74) is 0.501. The lowest BCUT2D eigenvalue weighted by Gasteiger charge is -2.19. The summed E-state index contributed by atoms with van der Waals surface area (Å²) in [5.74, 6) is -1.81. The minimum Gasteiger partial charge on any atom is -0.497 e. The average Bonchev–Trinajstić information content (AvgIpc) is 2.56. The molecule has 0 bridgehead atoms. The molecule has 0 unspecified atom stereocenters. The van der Waals surface area contributed by atoms with Crippen LogP contribution in [0.3, 0.4) is 0 Å². The van der Waals surface area contributed by atoms with Crippen molar-refractivity contribution in [2.24, 2.45) is 11.8 Å². The molecule has 0 heterocycles. The quantitative estimate of drug-likeness (QED) is 0.669. The van der Waals surface area contributed by atoms with Gasteiger partial charge in [0.25, 0.3) is 0 Å². The van der Waals surface area contributed by atoms with Crippen LogP contribution in [0.2, 0.25) is 0 Å². The maximum Gasteiger partial charge on any atom is 0.249 e. The van der Waals surface area contributed by atoms with Gasteiger partial charge in [-0.05, 0) is 31.4 Å². The van der Waals surface area contributed by atoms with Crippen molar-refractivity contribution < 1.29 is 14.3 Å². The third-order valence-corrected chi connectivity index (χ3v) is 3.68. The summed E-state index contributed by atoms with van der Waals surface area (Å²) in [6.45, 7) is 0. The number of methoxy groups -OCH3 is 1. The molecule has 1 amide bonds. The normalized spacial score (nSPS) is 18.1. The van der Waals surface area contributed by atoms with Crippen molar-refractivity contribution in [1.82, 2.24) is 0 Å². The van der Waals surface area contributed by atoms with E-state index in [0.717, 1.165) is 6.42 Å². The molecule has 1 aromatic rings. The Labute approximate surface area is 129 Å². The molecule has 5 heteroatoms. The molecule has 1 aliphatic carbocycles. The smallest absolute Gasteiger partial charge is 0.249 e. The molecule has 114 valence electrons. The maximum absolute atomic E-state index is 12.3. The van der Waals surface area contributed by atoms with Gasteiger partial charge in [0.2, 0.25) is 5.91 Å². The molecular formula is C17H18N2O3. The van der Waals surface area contributed by atoms with E-state index >= 15 is 0 Å². The third kappa shape index (κ3) is 3.73. The zero-order chi connectivity index (χ0) is 15.9. The van der Waals surface area contributed by atoms with Crippen molar-refractivity contribution in [3.05, 3.63) is 36.4 Å². The molecule has 0 spiro atoms. The molecule has 1 aliphatic rings. The topological polar surface area (TPSA) is 79.2 Å². The summed E-state index contributed by atoms with van der Waals surface area (Å²) in [4.78, 5) is 24.6. The number of ether oxygens (including phenoxy) is 1. The van der Waals surface area contributed by atoms with Crippen LogP contribution >= 0.6 is 0 Å². The number of carbonyl (C=O) groups is 2. The van der Waals surface area contributed by atoms with E-state index in [1.165, 1.54) is 7.11 Å². The summed E-state index contributed by atoms with van der Waals surface area (Å²) in [5, 5.41) is 11.8. The molecule has 1 aromatic carbocycles. The number of allylic oxidation sites excluding steroid dienone is 2. The Hall–Kier alpha value is -2.61. The number of nitriles is 1. The summed E-state index contributed by atoms with van der Waals surface area (Å²) in [7, 11) is 1.53. The second-order valence-electron chi connectivity index (χ2n) is 5.17. The van der Waals surface area contributed by atoms with Gasteiger partial charge in [0.05, 0.1) is 13.2 Å². The lowest BCUT2D eigenvalue weighted by molar-refractivity contribution is -0.131. The van der Waals surface area contributed by atoms with Gasteiger partial charge in [-0.1, -0.05) is 18.2 Å². The number of carbonyl (C=O) groups excluding carboxylic acids is 2. The van der Waals surface area contributed by atoms with Crippen LogP contribution in [0.25, 0.3) is 0 Å². The summed E-state index contributed by atoms with van der Waals surface area (Å²) in [6.07, 6.45) is 6.05. The van der Waals surface area contributed by atoms with Crippen molar-refractivity contribution >= 4 is 17.4 Å². The van der Waals surface area contributed by atoms with Crippen LogP contribution in [0.4, 0.5) is 5.69 Å². The van der Waals surface area contributed by atoms with E-state index in [1.807, 2.05) is 18.2 Å². The molecule has 5 nitrogen and oxygen atoms in total. The Morgan fingerprint density at radius 3 is 2.86 bits per heavy atom. The van der Waals surface area contributed by atoms with Crippen molar-refractivity contribution in [2.75, 3.05) is 12.4 Å². The highest BCUT2D eigenvalue weighted by molar-refractivity contribution is 6.10. The van der Waals surface area contributed by atoms with Crippen molar-refractivity contribution in [3.63, 3.8) is 0 Å². The molecule has 22 heavy (non-hydrogen) atoms. The first kappa shape index (κ1) is 15.8. The molecule has 0 saturated carbocycles. The number of Topliss-reactive ketones (excluding diaryl/α,β-unsaturated/α-hetero) is 1. The van der Waals surface area contributed by atoms with Gasteiger partial charge in [-0.25, -0.2) is 0 Å². The fraction of sp³-hybridized carbons (Fsp3) is 0.353. The van der Waals surface area contributed by atoms with Crippen LogP contribution in [-0.2, 0) is 9.59 Å². The van der Waals surface area contributed by atoms with Gasteiger partial charge in [-0.3, -0.25) is 9.59 Å². The molecule has 0 radical (unpaired) electrons. The predicted molar refractivity (Wildman–Crippen MR) is 82.2 cm³/mol. The fourth-order valence-electron chi connectivity index (χ4n) is 2.45. The highest BCUT2D eigenvalue weighted by Gasteiger charge is 2.32. The van der Waals surface area contributed by atoms with Gasteiger partial charge >= 0.3 is 0 Å². The van der Waals surface area contributed by atoms with E-state index in [2.05, 4.69) is 5.32 Å². The Balaban J connectivity index is 2.06. The van der Waals surface area contributed by atoms with Gasteiger partial charge in [0.1, 0.15) is 5.75 Å². The lowest BCUT2D eigenvalue weighted by atomic mass is 9.84. The number of anilines is 1. The minimum atomic E-state index is -1.28. The summed E-state index contributed by atoms with van der Waals surface area (Å²) < 4.78 is 5.08. The van der Waals surface area contributed by atoms with Crippen molar-refractivity contribution in [1.29, 1.82) is 5.26 Å². The van der Waals surface area contributed by atoms with Gasteiger partial charge < -0.3 is 10.1 Å². The second kappa shape index (κ2) is 7.41. The van der Waals surface area contributed by atoms with E-state index < -0.39 is 11.8 Å². The molecule has 1 N–H and O–H groups in total. The number of hydrogen-bond donors (Lipinski definition) is 1. The summed E-state index contributed by atoms with van der Waals surface area (Å²) in [6, 6.07) is 8.63. The standard InChI is InChI=1S/C17H18N2O3/c1-22-14-9-5-8-13(10-14)19-17(21)15(11-18)16(20)12-6-3-2-4-7-12/h2-3,5,8-10,12,15H,4,6-7H2,1H3,(H,19,21)/t12-,15+/m1/s1. The zero-order valence-corrected chi connectivity index (χ0v) is 12.4. The van der Waals surface area contributed by atoms with Crippen LogP contribution in [0.5, 0.6) is 5.75 Å². The number of benzene rings is 1. The van der Waals surface area contributed by atoms with Crippen LogP contribution in [-0.4, -0.2) is 18.8 Å². The maximum atomic E-state index is 12.3. The number of hydrogen-bond acceptors (Lipinski definition) is 4. The van der Waals surface area contributed by atoms with Crippen molar-refractivity contribution in [3.8, 4) is 11.8 Å². The largest absolute Gasteiger partial charge is 0.497 e. The second-order valence-corrected chi connectivity index (χ2v) is 5.17. The molecule has 0 fully saturated rings. The minimum absolute atomic E-state index is 0.245. The molecule has 2 atom stereocenters. The van der Waals surface area contributed by atoms with Crippen LogP contribution in [0.1, 0.15) is 19.3 Å². The molecular weight excluding hydrogens is 280 g/mol. The molecule has 2 rings (SSSR count). The number of rotatable bonds is 5. The Bertz CT molecular complexity index is 631. The highest BCUT2D eigenvalue weighted by atomic mass is 16.5. The number of amides is 1. The van der Waals surface area contributed by atoms with E-state index in [4.69, 9.17) is 4.74 Å². The number of ketones is 1. The van der Waals surface area contributed by atoms with Gasteiger partial charge in [0, 0.05) is 17.7 Å². The summed E-state index contributed by atoms with van der Waals surface area (Å²) >= 11 is 0. The Kier molecular flexibility index (Phi) is 5.31. The van der Waals surface area contributed by atoms with Crippen LogP contribution in [0.15, 0.2) is 36.4 Å². The number of nitrogens with zero attached hydrogens (tertiary/aromatic N) is 1. The van der Waals surface area contributed by atoms with E-state index in [0.29, 0.717) is 24.3 Å². The first-order valence-corrected chi connectivity index (χ1v) is 7.19. The van der Waals surface area contributed by atoms with E-state index in [-0.39, 0.29) is 11.7 Å². The van der Waals surface area contributed by atoms with Gasteiger partial charge in [-0.2, -0.15) is 5.26 Å². The van der Waals surface area contributed by atoms with Crippen molar-refractivity contribution in [2.45, 2.75) is 19.3 Å². The molecule has 0 aliphatic heterocycles. The first-order chi connectivity index (χ1) is 10.7. The Morgan fingerprint density at radius 1 is 1.41 bits per heavy atom. The third-order valence-electron chi connectivity index (χ3n) is 3.68. The monoisotopic (exact) mass is 298 g/mol. The zero-order valence-electron chi connectivity index (χ0n) is 12.4.